The maximum absolute atomic E-state index is 12.4. The number of halogens is 1. The number of carbonyl (C=O) groups excluding carboxylic acids is 1. The lowest BCUT2D eigenvalue weighted by molar-refractivity contribution is 0.102. The Kier molecular flexibility index (Phi) is 4.95. The number of hydrogen-bond donors (Lipinski definition) is 2. The summed E-state index contributed by atoms with van der Waals surface area (Å²) in [5.74, 6) is 0.0427. The molecule has 3 aromatic rings. The van der Waals surface area contributed by atoms with Crippen LogP contribution in [0.3, 0.4) is 0 Å². The van der Waals surface area contributed by atoms with E-state index in [9.17, 15) is 4.79 Å². The van der Waals surface area contributed by atoms with Crippen LogP contribution in [0.15, 0.2) is 54.7 Å². The Morgan fingerprint density at radius 1 is 1.08 bits per heavy atom. The smallest absolute Gasteiger partial charge is 0.274 e. The molecule has 0 atom stereocenters. The zero-order valence-electron chi connectivity index (χ0n) is 13.9. The molecule has 126 valence electrons. The van der Waals surface area contributed by atoms with Crippen LogP contribution < -0.4 is 10.6 Å². The number of aryl methyl sites for hydroxylation is 2. The fraction of sp³-hybridized carbons (Fsp3) is 0.105. The highest BCUT2D eigenvalue weighted by Gasteiger charge is 2.10. The Bertz CT molecular complexity index is 927. The molecule has 1 amide bonds. The molecule has 1 aromatic heterocycles. The van der Waals surface area contributed by atoms with E-state index in [1.54, 1.807) is 36.5 Å². The van der Waals surface area contributed by atoms with Gasteiger partial charge in [0.25, 0.3) is 5.91 Å². The van der Waals surface area contributed by atoms with Gasteiger partial charge in [-0.3, -0.25) is 4.79 Å². The van der Waals surface area contributed by atoms with Crippen molar-refractivity contribution in [3.8, 4) is 0 Å². The van der Waals surface area contributed by atoms with Crippen LogP contribution in [0.25, 0.3) is 0 Å². The first kappa shape index (κ1) is 16.9. The van der Waals surface area contributed by atoms with Crippen molar-refractivity contribution >= 4 is 34.8 Å². The quantitative estimate of drug-likeness (QED) is 0.711. The number of hydrogen-bond acceptors (Lipinski definition) is 4. The lowest BCUT2D eigenvalue weighted by atomic mass is 10.1. The first-order valence-corrected chi connectivity index (χ1v) is 8.13. The van der Waals surface area contributed by atoms with Crippen molar-refractivity contribution < 1.29 is 4.79 Å². The van der Waals surface area contributed by atoms with E-state index in [0.29, 0.717) is 16.7 Å². The molecule has 0 saturated carbocycles. The number of anilines is 3. The predicted molar refractivity (Wildman–Crippen MR) is 101 cm³/mol. The van der Waals surface area contributed by atoms with Gasteiger partial charge in [0.2, 0.25) is 5.95 Å². The van der Waals surface area contributed by atoms with Gasteiger partial charge < -0.3 is 10.6 Å². The molecule has 1 heterocycles. The third-order valence-corrected chi connectivity index (χ3v) is 3.85. The molecule has 25 heavy (non-hydrogen) atoms. The summed E-state index contributed by atoms with van der Waals surface area (Å²) in [4.78, 5) is 20.9. The number of nitrogens with one attached hydrogen (secondary N) is 2. The van der Waals surface area contributed by atoms with E-state index in [0.717, 1.165) is 16.8 Å². The average molecular weight is 353 g/mol. The molecule has 3 rings (SSSR count). The molecule has 0 unspecified atom stereocenters. The first-order chi connectivity index (χ1) is 12.0. The SMILES string of the molecule is Cc1ccc(C)c(Nc2nccc(C(=O)Nc3cccc(Cl)c3)n2)c1. The van der Waals surface area contributed by atoms with Gasteiger partial charge in [-0.1, -0.05) is 29.8 Å². The van der Waals surface area contributed by atoms with Crippen molar-refractivity contribution in [2.75, 3.05) is 10.6 Å². The number of amides is 1. The number of nitrogens with zero attached hydrogens (tertiary/aromatic N) is 2. The van der Waals surface area contributed by atoms with Gasteiger partial charge in [0, 0.05) is 22.6 Å². The molecule has 0 aliphatic heterocycles. The molecular formula is C19H17ClN4O. The molecule has 2 N–H and O–H groups in total. The molecule has 0 spiro atoms. The molecule has 0 bridgehead atoms. The first-order valence-electron chi connectivity index (χ1n) is 7.75. The minimum atomic E-state index is -0.325. The molecule has 0 aliphatic carbocycles. The summed E-state index contributed by atoms with van der Waals surface area (Å²) in [5.41, 5.74) is 3.99. The van der Waals surface area contributed by atoms with Crippen molar-refractivity contribution in [3.63, 3.8) is 0 Å². The maximum atomic E-state index is 12.4. The highest BCUT2D eigenvalue weighted by Crippen LogP contribution is 2.20. The third-order valence-electron chi connectivity index (χ3n) is 3.61. The second-order valence-corrected chi connectivity index (χ2v) is 6.11. The van der Waals surface area contributed by atoms with E-state index in [1.165, 1.54) is 0 Å². The van der Waals surface area contributed by atoms with Gasteiger partial charge in [0.1, 0.15) is 5.69 Å². The Labute approximate surface area is 151 Å². The van der Waals surface area contributed by atoms with Crippen molar-refractivity contribution in [2.45, 2.75) is 13.8 Å². The van der Waals surface area contributed by atoms with Gasteiger partial charge >= 0.3 is 0 Å². The number of carbonyl (C=O) groups is 1. The number of aromatic nitrogens is 2. The van der Waals surface area contributed by atoms with Crippen LogP contribution in [0.4, 0.5) is 17.3 Å². The molecule has 5 nitrogen and oxygen atoms in total. The van der Waals surface area contributed by atoms with Crippen molar-refractivity contribution in [2.24, 2.45) is 0 Å². The molecule has 2 aromatic carbocycles. The predicted octanol–water partition coefficient (Wildman–Crippen LogP) is 4.74. The summed E-state index contributed by atoms with van der Waals surface area (Å²) >= 11 is 5.93. The molecule has 0 radical (unpaired) electrons. The zero-order chi connectivity index (χ0) is 17.8. The molecular weight excluding hydrogens is 336 g/mol. The summed E-state index contributed by atoms with van der Waals surface area (Å²) in [6, 6.07) is 14.6. The Morgan fingerprint density at radius 2 is 1.92 bits per heavy atom. The van der Waals surface area contributed by atoms with E-state index in [-0.39, 0.29) is 11.6 Å². The van der Waals surface area contributed by atoms with Crippen molar-refractivity contribution in [3.05, 3.63) is 76.6 Å². The summed E-state index contributed by atoms with van der Waals surface area (Å²) in [5, 5.41) is 6.48. The minimum Gasteiger partial charge on any atom is -0.324 e. The minimum absolute atomic E-state index is 0.266. The van der Waals surface area contributed by atoms with Gasteiger partial charge in [-0.25, -0.2) is 9.97 Å². The number of benzene rings is 2. The number of rotatable bonds is 4. The summed E-state index contributed by atoms with van der Waals surface area (Å²) in [6.45, 7) is 4.01. The van der Waals surface area contributed by atoms with Crippen LogP contribution in [0, 0.1) is 13.8 Å². The van der Waals surface area contributed by atoms with Gasteiger partial charge in [-0.05, 0) is 55.3 Å². The van der Waals surface area contributed by atoms with Crippen molar-refractivity contribution in [1.82, 2.24) is 9.97 Å². The Morgan fingerprint density at radius 3 is 2.72 bits per heavy atom. The lowest BCUT2D eigenvalue weighted by Crippen LogP contribution is -2.14. The summed E-state index contributed by atoms with van der Waals surface area (Å²) in [7, 11) is 0. The van der Waals surface area contributed by atoms with E-state index in [1.807, 2.05) is 32.0 Å². The van der Waals surface area contributed by atoms with Crippen LogP contribution >= 0.6 is 11.6 Å². The standard InChI is InChI=1S/C19H17ClN4O/c1-12-6-7-13(2)17(10-12)24-19-21-9-8-16(23-19)18(25)22-15-5-3-4-14(20)11-15/h3-11H,1-2H3,(H,22,25)(H,21,23,24). The van der Waals surface area contributed by atoms with E-state index < -0.39 is 0 Å². The monoisotopic (exact) mass is 352 g/mol. The molecule has 0 saturated heterocycles. The van der Waals surface area contributed by atoms with Gasteiger partial charge in [0.15, 0.2) is 0 Å². The topological polar surface area (TPSA) is 66.9 Å². The summed E-state index contributed by atoms with van der Waals surface area (Å²) in [6.07, 6.45) is 1.55. The maximum Gasteiger partial charge on any atom is 0.274 e. The fourth-order valence-electron chi connectivity index (χ4n) is 2.30. The van der Waals surface area contributed by atoms with Crippen LogP contribution in [-0.4, -0.2) is 15.9 Å². The molecule has 0 fully saturated rings. The fourth-order valence-corrected chi connectivity index (χ4v) is 2.49. The van der Waals surface area contributed by atoms with Crippen LogP contribution in [0.5, 0.6) is 0 Å². The third kappa shape index (κ3) is 4.33. The summed E-state index contributed by atoms with van der Waals surface area (Å²) < 4.78 is 0. The van der Waals surface area contributed by atoms with Crippen molar-refractivity contribution in [1.29, 1.82) is 0 Å². The molecule has 0 aliphatic rings. The van der Waals surface area contributed by atoms with Gasteiger partial charge in [-0.2, -0.15) is 0 Å². The Hall–Kier alpha value is -2.92. The second-order valence-electron chi connectivity index (χ2n) is 5.67. The largest absolute Gasteiger partial charge is 0.324 e. The van der Waals surface area contributed by atoms with E-state index in [2.05, 4.69) is 20.6 Å². The van der Waals surface area contributed by atoms with Gasteiger partial charge in [0.05, 0.1) is 0 Å². The second kappa shape index (κ2) is 7.32. The van der Waals surface area contributed by atoms with Gasteiger partial charge in [-0.15, -0.1) is 0 Å². The molecule has 6 heteroatoms. The normalized spacial score (nSPS) is 10.4. The lowest BCUT2D eigenvalue weighted by Gasteiger charge is -2.10. The zero-order valence-corrected chi connectivity index (χ0v) is 14.6. The van der Waals surface area contributed by atoms with Crippen LogP contribution in [-0.2, 0) is 0 Å². The highest BCUT2D eigenvalue weighted by atomic mass is 35.5. The van der Waals surface area contributed by atoms with E-state index >= 15 is 0 Å². The Balaban J connectivity index is 1.79. The van der Waals surface area contributed by atoms with E-state index in [4.69, 9.17) is 11.6 Å². The van der Waals surface area contributed by atoms with Crippen LogP contribution in [0.1, 0.15) is 21.6 Å². The average Bonchev–Trinajstić information content (AvgIpc) is 2.58. The van der Waals surface area contributed by atoms with Crippen LogP contribution in [0.2, 0.25) is 5.02 Å². The highest BCUT2D eigenvalue weighted by molar-refractivity contribution is 6.30.